The molecule has 0 aliphatic rings. The predicted octanol–water partition coefficient (Wildman–Crippen LogP) is 2.72. The highest BCUT2D eigenvalue weighted by atomic mass is 35.5. The number of sulfonamides is 1. The first-order chi connectivity index (χ1) is 9.42. The molecule has 2 rings (SSSR count). The quantitative estimate of drug-likeness (QED) is 0.945. The molecule has 0 atom stereocenters. The fourth-order valence-electron chi connectivity index (χ4n) is 1.57. The van der Waals surface area contributed by atoms with Gasteiger partial charge in [0.05, 0.1) is 16.7 Å². The summed E-state index contributed by atoms with van der Waals surface area (Å²) in [6.45, 7) is 1.75. The number of rotatable bonds is 3. The average molecular weight is 308 g/mol. The lowest BCUT2D eigenvalue weighted by Crippen LogP contribution is -2.14. The number of aromatic nitrogens is 1. The summed E-state index contributed by atoms with van der Waals surface area (Å²) in [5.74, 6) is 0.198. The summed E-state index contributed by atoms with van der Waals surface area (Å²) in [5, 5.41) is 8.87. The van der Waals surface area contributed by atoms with E-state index in [-0.39, 0.29) is 21.3 Å². The van der Waals surface area contributed by atoms with E-state index in [2.05, 4.69) is 9.71 Å². The molecular weight excluding hydrogens is 298 g/mol. The molecule has 0 aliphatic carbocycles. The summed E-state index contributed by atoms with van der Waals surface area (Å²) in [5.41, 5.74) is 0.897. The topological polar surface area (TPSA) is 82.9 Å². The Balaban J connectivity index is 2.43. The molecule has 0 fully saturated rings. The van der Waals surface area contributed by atoms with Crippen LogP contribution in [0, 0.1) is 18.3 Å². The van der Waals surface area contributed by atoms with Crippen molar-refractivity contribution in [2.24, 2.45) is 0 Å². The van der Waals surface area contributed by atoms with Crippen LogP contribution < -0.4 is 4.72 Å². The van der Waals surface area contributed by atoms with Gasteiger partial charge < -0.3 is 0 Å². The molecule has 1 heterocycles. The fraction of sp³-hybridized carbons (Fsp3) is 0.0769. The smallest absolute Gasteiger partial charge is 0.263 e. The van der Waals surface area contributed by atoms with Crippen LogP contribution >= 0.6 is 11.6 Å². The molecule has 0 unspecified atom stereocenters. The van der Waals surface area contributed by atoms with E-state index < -0.39 is 10.0 Å². The third-order valence-electron chi connectivity index (χ3n) is 2.48. The van der Waals surface area contributed by atoms with Gasteiger partial charge in [-0.3, -0.25) is 4.72 Å². The van der Waals surface area contributed by atoms with Crippen LogP contribution in [0.5, 0.6) is 0 Å². The Morgan fingerprint density at radius 2 is 2.05 bits per heavy atom. The van der Waals surface area contributed by atoms with E-state index >= 15 is 0 Å². The van der Waals surface area contributed by atoms with Gasteiger partial charge in [-0.15, -0.1) is 0 Å². The Hall–Kier alpha value is -2.10. The van der Waals surface area contributed by atoms with Crippen LogP contribution in [-0.2, 0) is 10.0 Å². The second-order valence-electron chi connectivity index (χ2n) is 4.03. The number of hydrogen-bond donors (Lipinski definition) is 1. The maximum atomic E-state index is 12.3. The highest BCUT2D eigenvalue weighted by Crippen LogP contribution is 2.24. The lowest BCUT2D eigenvalue weighted by molar-refractivity contribution is 0.601. The van der Waals surface area contributed by atoms with Gasteiger partial charge in [-0.25, -0.2) is 13.4 Å². The van der Waals surface area contributed by atoms with E-state index in [1.807, 2.05) is 6.07 Å². The molecular formula is C13H10ClN3O2S. The van der Waals surface area contributed by atoms with Crippen molar-refractivity contribution in [3.8, 4) is 6.07 Å². The first-order valence-corrected chi connectivity index (χ1v) is 7.44. The van der Waals surface area contributed by atoms with Crippen LogP contribution in [0.4, 0.5) is 5.82 Å². The Labute approximate surface area is 121 Å². The van der Waals surface area contributed by atoms with E-state index in [1.165, 1.54) is 24.3 Å². The molecule has 0 aliphatic heterocycles. The molecule has 2 aromatic rings. The predicted molar refractivity (Wildman–Crippen MR) is 75.9 cm³/mol. The summed E-state index contributed by atoms with van der Waals surface area (Å²) >= 11 is 5.89. The molecule has 0 spiro atoms. The van der Waals surface area contributed by atoms with Gasteiger partial charge in [-0.1, -0.05) is 17.7 Å². The van der Waals surface area contributed by atoms with Crippen molar-refractivity contribution in [1.82, 2.24) is 4.98 Å². The third-order valence-corrected chi connectivity index (χ3v) is 4.31. The van der Waals surface area contributed by atoms with Crippen LogP contribution in [0.1, 0.15) is 11.3 Å². The summed E-state index contributed by atoms with van der Waals surface area (Å²) in [6, 6.07) is 10.9. The normalized spacial score (nSPS) is 10.8. The average Bonchev–Trinajstić information content (AvgIpc) is 2.38. The van der Waals surface area contributed by atoms with E-state index in [0.717, 1.165) is 0 Å². The zero-order valence-electron chi connectivity index (χ0n) is 10.5. The van der Waals surface area contributed by atoms with Crippen LogP contribution in [0.25, 0.3) is 0 Å². The first kappa shape index (κ1) is 14.3. The minimum absolute atomic E-state index is 0.0455. The van der Waals surface area contributed by atoms with Gasteiger partial charge >= 0.3 is 0 Å². The molecule has 1 aromatic heterocycles. The van der Waals surface area contributed by atoms with Gasteiger partial charge in [-0.2, -0.15) is 5.26 Å². The lowest BCUT2D eigenvalue weighted by atomic mass is 10.2. The lowest BCUT2D eigenvalue weighted by Gasteiger charge is -2.09. The molecule has 0 amide bonds. The number of anilines is 1. The van der Waals surface area contributed by atoms with Crippen molar-refractivity contribution in [3.63, 3.8) is 0 Å². The van der Waals surface area contributed by atoms with Crippen molar-refractivity contribution in [2.75, 3.05) is 4.72 Å². The SMILES string of the molecule is Cc1cccc(NS(=O)(=O)c2cc(C#N)ccc2Cl)n1. The van der Waals surface area contributed by atoms with Gasteiger partial charge in [-0.05, 0) is 37.3 Å². The molecule has 7 heteroatoms. The molecule has 5 nitrogen and oxygen atoms in total. The number of pyridine rings is 1. The minimum Gasteiger partial charge on any atom is -0.263 e. The van der Waals surface area contributed by atoms with Crippen LogP contribution in [0.2, 0.25) is 5.02 Å². The minimum atomic E-state index is -3.89. The highest BCUT2D eigenvalue weighted by Gasteiger charge is 2.19. The van der Waals surface area contributed by atoms with Crippen molar-refractivity contribution in [3.05, 3.63) is 52.7 Å². The molecule has 1 aromatic carbocycles. The second-order valence-corrected chi connectivity index (χ2v) is 6.08. The van der Waals surface area contributed by atoms with Gasteiger partial charge in [0.15, 0.2) is 0 Å². The molecule has 0 radical (unpaired) electrons. The van der Waals surface area contributed by atoms with Crippen LogP contribution in [-0.4, -0.2) is 13.4 Å². The standard InChI is InChI=1S/C13H10ClN3O2S/c1-9-3-2-4-13(16-9)17-20(18,19)12-7-10(8-15)5-6-11(12)14/h2-7H,1H3,(H,16,17). The van der Waals surface area contributed by atoms with E-state index in [0.29, 0.717) is 5.69 Å². The van der Waals surface area contributed by atoms with Crippen molar-refractivity contribution in [2.45, 2.75) is 11.8 Å². The first-order valence-electron chi connectivity index (χ1n) is 5.58. The van der Waals surface area contributed by atoms with Crippen LogP contribution in [0.15, 0.2) is 41.3 Å². The number of aryl methyl sites for hydroxylation is 1. The number of benzene rings is 1. The monoisotopic (exact) mass is 307 g/mol. The molecule has 1 N–H and O–H groups in total. The summed E-state index contributed by atoms with van der Waals surface area (Å²) < 4.78 is 26.8. The van der Waals surface area contributed by atoms with E-state index in [9.17, 15) is 8.42 Å². The van der Waals surface area contributed by atoms with Crippen molar-refractivity contribution < 1.29 is 8.42 Å². The Bertz CT molecular complexity index is 798. The van der Waals surface area contributed by atoms with Crippen molar-refractivity contribution in [1.29, 1.82) is 5.26 Å². The summed E-state index contributed by atoms with van der Waals surface area (Å²) in [4.78, 5) is 3.91. The number of nitrogens with one attached hydrogen (secondary N) is 1. The molecule has 102 valence electrons. The van der Waals surface area contributed by atoms with Crippen molar-refractivity contribution >= 4 is 27.4 Å². The Morgan fingerprint density at radius 1 is 1.30 bits per heavy atom. The van der Waals surface area contributed by atoms with Gasteiger partial charge in [0, 0.05) is 5.69 Å². The maximum absolute atomic E-state index is 12.3. The third kappa shape index (κ3) is 3.07. The molecule has 0 saturated heterocycles. The van der Waals surface area contributed by atoms with Gasteiger partial charge in [0.2, 0.25) is 0 Å². The zero-order chi connectivity index (χ0) is 14.8. The summed E-state index contributed by atoms with van der Waals surface area (Å²) in [6.07, 6.45) is 0. The van der Waals surface area contributed by atoms with E-state index in [1.54, 1.807) is 19.1 Å². The maximum Gasteiger partial charge on any atom is 0.264 e. The number of nitriles is 1. The summed E-state index contributed by atoms with van der Waals surface area (Å²) in [7, 11) is -3.89. The van der Waals surface area contributed by atoms with E-state index in [4.69, 9.17) is 16.9 Å². The largest absolute Gasteiger partial charge is 0.264 e. The van der Waals surface area contributed by atoms with Gasteiger partial charge in [0.1, 0.15) is 10.7 Å². The number of hydrogen-bond acceptors (Lipinski definition) is 4. The molecule has 0 bridgehead atoms. The molecule has 0 saturated carbocycles. The van der Waals surface area contributed by atoms with Crippen LogP contribution in [0.3, 0.4) is 0 Å². The number of nitrogens with zero attached hydrogens (tertiary/aromatic N) is 2. The molecule has 20 heavy (non-hydrogen) atoms. The number of halogens is 1. The fourth-order valence-corrected chi connectivity index (χ4v) is 3.10. The Morgan fingerprint density at radius 3 is 2.70 bits per heavy atom. The zero-order valence-corrected chi connectivity index (χ0v) is 12.0. The second kappa shape index (κ2) is 5.49. The Kier molecular flexibility index (Phi) is 3.93. The van der Waals surface area contributed by atoms with Gasteiger partial charge in [0.25, 0.3) is 10.0 Å². The highest BCUT2D eigenvalue weighted by molar-refractivity contribution is 7.92.